The number of benzene rings is 2. The highest BCUT2D eigenvalue weighted by Gasteiger charge is 2.17. The van der Waals surface area contributed by atoms with E-state index in [1.807, 2.05) is 42.5 Å². The molecule has 0 radical (unpaired) electrons. The van der Waals surface area contributed by atoms with Crippen LogP contribution in [0, 0.1) is 0 Å². The predicted octanol–water partition coefficient (Wildman–Crippen LogP) is 4.80. The minimum atomic E-state index is -0.226. The second-order valence-corrected chi connectivity index (χ2v) is 8.50. The molecule has 2 aromatic carbocycles. The van der Waals surface area contributed by atoms with Gasteiger partial charge in [-0.15, -0.1) is 11.3 Å². The first-order valence-corrected chi connectivity index (χ1v) is 10.7. The van der Waals surface area contributed by atoms with E-state index in [0.29, 0.717) is 28.7 Å². The number of thiazole rings is 1. The first kappa shape index (κ1) is 18.8. The van der Waals surface area contributed by atoms with Crippen molar-refractivity contribution in [1.82, 2.24) is 14.8 Å². The average Bonchev–Trinajstić information content (AvgIpc) is 3.48. The number of carbonyl (C=O) groups excluding carboxylic acids is 1. The van der Waals surface area contributed by atoms with E-state index in [1.54, 1.807) is 23.1 Å². The van der Waals surface area contributed by atoms with Crippen molar-refractivity contribution in [3.63, 3.8) is 0 Å². The Morgan fingerprint density at radius 1 is 1.17 bits per heavy atom. The number of anilines is 1. The molecule has 0 saturated carbocycles. The first-order chi connectivity index (χ1) is 14.7. The molecule has 0 aliphatic carbocycles. The van der Waals surface area contributed by atoms with E-state index in [9.17, 15) is 4.79 Å². The minimum absolute atomic E-state index is 0.220. The van der Waals surface area contributed by atoms with Gasteiger partial charge in [-0.05, 0) is 35.9 Å². The van der Waals surface area contributed by atoms with Crippen molar-refractivity contribution >= 4 is 39.0 Å². The number of hydrogen-bond acceptors (Lipinski definition) is 6. The smallest absolute Gasteiger partial charge is 0.268 e. The second kappa shape index (κ2) is 7.92. The van der Waals surface area contributed by atoms with Crippen molar-refractivity contribution in [2.45, 2.75) is 6.54 Å². The van der Waals surface area contributed by atoms with Gasteiger partial charge in [0, 0.05) is 16.1 Å². The van der Waals surface area contributed by atoms with Crippen LogP contribution in [-0.4, -0.2) is 27.5 Å². The summed E-state index contributed by atoms with van der Waals surface area (Å²) in [5.41, 5.74) is 1.95. The number of carbonyl (C=O) groups is 1. The summed E-state index contributed by atoms with van der Waals surface area (Å²) in [7, 11) is 0. The van der Waals surface area contributed by atoms with Gasteiger partial charge in [-0.2, -0.15) is 5.10 Å². The largest absolute Gasteiger partial charge is 0.454 e. The van der Waals surface area contributed by atoms with Gasteiger partial charge in [0.15, 0.2) is 11.5 Å². The van der Waals surface area contributed by atoms with Gasteiger partial charge < -0.3 is 14.8 Å². The van der Waals surface area contributed by atoms with E-state index in [4.69, 9.17) is 9.47 Å². The Morgan fingerprint density at radius 3 is 2.97 bits per heavy atom. The van der Waals surface area contributed by atoms with Crippen molar-refractivity contribution in [3.05, 3.63) is 75.8 Å². The highest BCUT2D eigenvalue weighted by Crippen LogP contribution is 2.37. The number of ether oxygens (including phenoxy) is 2. The molecule has 7 nitrogen and oxygen atoms in total. The van der Waals surface area contributed by atoms with Crippen molar-refractivity contribution in [1.29, 1.82) is 0 Å². The topological polar surface area (TPSA) is 78.3 Å². The molecule has 0 bridgehead atoms. The fraction of sp³-hybridized carbons (Fsp3) is 0.0952. The number of rotatable bonds is 5. The fourth-order valence-electron chi connectivity index (χ4n) is 3.09. The summed E-state index contributed by atoms with van der Waals surface area (Å²) in [6, 6.07) is 15.4. The minimum Gasteiger partial charge on any atom is -0.454 e. The van der Waals surface area contributed by atoms with Gasteiger partial charge in [-0.3, -0.25) is 4.79 Å². The van der Waals surface area contributed by atoms with Gasteiger partial charge in [-0.25, -0.2) is 9.67 Å². The lowest BCUT2D eigenvalue weighted by atomic mass is 10.2. The second-order valence-electron chi connectivity index (χ2n) is 6.56. The molecular weight excluding hydrogens is 468 g/mol. The first-order valence-electron chi connectivity index (χ1n) is 9.09. The van der Waals surface area contributed by atoms with Gasteiger partial charge in [0.05, 0.1) is 18.9 Å². The molecule has 0 spiro atoms. The molecule has 5 rings (SSSR count). The van der Waals surface area contributed by atoms with Crippen molar-refractivity contribution in [2.24, 2.45) is 0 Å². The summed E-state index contributed by atoms with van der Waals surface area (Å²) in [6.45, 7) is 0.769. The number of aromatic nitrogens is 3. The monoisotopic (exact) mass is 482 g/mol. The van der Waals surface area contributed by atoms with Crippen LogP contribution in [0.2, 0.25) is 0 Å². The molecule has 1 aliphatic heterocycles. The summed E-state index contributed by atoms with van der Waals surface area (Å²) >= 11 is 4.79. The maximum Gasteiger partial charge on any atom is 0.268 e. The number of fused-ring (bicyclic) bond motifs is 1. The van der Waals surface area contributed by atoms with Gasteiger partial charge in [0.25, 0.3) is 5.91 Å². The lowest BCUT2D eigenvalue weighted by Crippen LogP contribution is -2.15. The zero-order chi connectivity index (χ0) is 20.5. The van der Waals surface area contributed by atoms with E-state index in [0.717, 1.165) is 20.6 Å². The summed E-state index contributed by atoms with van der Waals surface area (Å²) in [5.74, 6) is 1.80. The molecule has 1 N–H and O–H groups in total. The molecule has 2 aromatic heterocycles. The number of hydrogen-bond donors (Lipinski definition) is 1. The molecule has 0 unspecified atom stereocenters. The maximum atomic E-state index is 12.8. The standard InChI is InChI=1S/C21H15BrN4O3S/c22-15-3-1-2-13(8-15)11-26-19(6-7-24-26)25-20(27)18-10-23-21(30-18)14-4-5-16-17(9-14)29-12-28-16/h1-10H,11-12H2,(H,25,27). The molecule has 1 amide bonds. The van der Waals surface area contributed by atoms with Gasteiger partial charge >= 0.3 is 0 Å². The van der Waals surface area contributed by atoms with Crippen molar-refractivity contribution in [2.75, 3.05) is 12.1 Å². The van der Waals surface area contributed by atoms with Crippen LogP contribution >= 0.6 is 27.3 Å². The third-order valence-electron chi connectivity index (χ3n) is 4.53. The zero-order valence-electron chi connectivity index (χ0n) is 15.5. The summed E-state index contributed by atoms with van der Waals surface area (Å²) in [5, 5.41) is 7.98. The third kappa shape index (κ3) is 3.81. The Kier molecular flexibility index (Phi) is 4.97. The van der Waals surface area contributed by atoms with Crippen LogP contribution in [0.4, 0.5) is 5.82 Å². The number of nitrogens with one attached hydrogen (secondary N) is 1. The zero-order valence-corrected chi connectivity index (χ0v) is 17.9. The Morgan fingerprint density at radius 2 is 2.07 bits per heavy atom. The summed E-state index contributed by atoms with van der Waals surface area (Å²) < 4.78 is 13.5. The van der Waals surface area contributed by atoms with Crippen LogP contribution in [-0.2, 0) is 6.54 Å². The van der Waals surface area contributed by atoms with Crippen molar-refractivity contribution < 1.29 is 14.3 Å². The quantitative estimate of drug-likeness (QED) is 0.442. The Balaban J connectivity index is 1.32. The molecule has 0 fully saturated rings. The average molecular weight is 483 g/mol. The van der Waals surface area contributed by atoms with Gasteiger partial charge in [0.1, 0.15) is 15.7 Å². The molecule has 1 aliphatic rings. The number of halogens is 1. The summed E-state index contributed by atoms with van der Waals surface area (Å²) in [4.78, 5) is 17.7. The molecule has 0 atom stereocenters. The molecule has 3 heterocycles. The van der Waals surface area contributed by atoms with Crippen molar-refractivity contribution in [3.8, 4) is 22.1 Å². The van der Waals surface area contributed by atoms with Crippen LogP contribution in [0.1, 0.15) is 15.2 Å². The lowest BCUT2D eigenvalue weighted by molar-refractivity contribution is 0.102. The maximum absolute atomic E-state index is 12.8. The fourth-order valence-corrected chi connectivity index (χ4v) is 4.35. The molecular formula is C21H15BrN4O3S. The van der Waals surface area contributed by atoms with Crippen LogP contribution in [0.3, 0.4) is 0 Å². The van der Waals surface area contributed by atoms with Gasteiger partial charge in [-0.1, -0.05) is 28.1 Å². The molecule has 150 valence electrons. The Bertz CT molecular complexity index is 1240. The highest BCUT2D eigenvalue weighted by molar-refractivity contribution is 9.10. The van der Waals surface area contributed by atoms with Gasteiger partial charge in [0.2, 0.25) is 6.79 Å². The van der Waals surface area contributed by atoms with E-state index in [-0.39, 0.29) is 12.7 Å². The number of nitrogens with zero attached hydrogens (tertiary/aromatic N) is 3. The lowest BCUT2D eigenvalue weighted by Gasteiger charge is -2.08. The molecule has 4 aromatic rings. The van der Waals surface area contributed by atoms with E-state index < -0.39 is 0 Å². The Hall–Kier alpha value is -3.17. The normalized spacial score (nSPS) is 12.2. The Labute approximate surface area is 184 Å². The van der Waals surface area contributed by atoms with E-state index in [2.05, 4.69) is 31.3 Å². The third-order valence-corrected chi connectivity index (χ3v) is 6.07. The molecule has 0 saturated heterocycles. The molecule has 30 heavy (non-hydrogen) atoms. The highest BCUT2D eigenvalue weighted by atomic mass is 79.9. The SMILES string of the molecule is O=C(Nc1ccnn1Cc1cccc(Br)c1)c1cnc(-c2ccc3c(c2)OCO3)s1. The summed E-state index contributed by atoms with van der Waals surface area (Å²) in [6.07, 6.45) is 3.24. The predicted molar refractivity (Wildman–Crippen MR) is 117 cm³/mol. The van der Waals surface area contributed by atoms with Crippen LogP contribution < -0.4 is 14.8 Å². The number of amides is 1. The van der Waals surface area contributed by atoms with Crippen LogP contribution in [0.5, 0.6) is 11.5 Å². The van der Waals surface area contributed by atoms with Crippen LogP contribution in [0.15, 0.2) is 65.4 Å². The van der Waals surface area contributed by atoms with E-state index in [1.165, 1.54) is 11.3 Å². The molecule has 9 heteroatoms. The van der Waals surface area contributed by atoms with E-state index >= 15 is 0 Å². The van der Waals surface area contributed by atoms with Crippen LogP contribution in [0.25, 0.3) is 10.6 Å².